The van der Waals surface area contributed by atoms with Crippen LogP contribution in [-0.4, -0.2) is 25.2 Å². The molecule has 0 saturated heterocycles. The standard InChI is InChI=1S/C8H12ClNO4/c1-3-4-13-8(12)10-5-6(2)7(11)14-9/h3,6H,1,4-5H2,2H3,(H,10,12). The number of halogens is 1. The molecule has 6 heteroatoms. The fourth-order valence-corrected chi connectivity index (χ4v) is 0.734. The maximum Gasteiger partial charge on any atom is 0.407 e. The third-order valence-corrected chi connectivity index (χ3v) is 1.52. The Morgan fingerprint density at radius 2 is 2.29 bits per heavy atom. The van der Waals surface area contributed by atoms with Crippen LogP contribution in [0.1, 0.15) is 6.92 Å². The maximum atomic E-state index is 10.9. The van der Waals surface area contributed by atoms with E-state index in [-0.39, 0.29) is 13.2 Å². The van der Waals surface area contributed by atoms with Crippen LogP contribution < -0.4 is 5.32 Å². The van der Waals surface area contributed by atoms with Gasteiger partial charge in [0.1, 0.15) is 18.5 Å². The molecule has 5 nitrogen and oxygen atoms in total. The molecule has 0 rings (SSSR count). The predicted molar refractivity (Wildman–Crippen MR) is 50.7 cm³/mol. The lowest BCUT2D eigenvalue weighted by atomic mass is 10.2. The first-order chi connectivity index (χ1) is 6.61. The molecule has 0 aliphatic heterocycles. The van der Waals surface area contributed by atoms with E-state index in [1.54, 1.807) is 6.92 Å². The third kappa shape index (κ3) is 5.42. The fraction of sp³-hybridized carbons (Fsp3) is 0.500. The average Bonchev–Trinajstić information content (AvgIpc) is 2.21. The molecule has 0 radical (unpaired) electrons. The van der Waals surface area contributed by atoms with Crippen LogP contribution in [0.2, 0.25) is 0 Å². The van der Waals surface area contributed by atoms with Crippen molar-refractivity contribution in [3.63, 3.8) is 0 Å². The van der Waals surface area contributed by atoms with E-state index in [2.05, 4.69) is 20.9 Å². The summed E-state index contributed by atoms with van der Waals surface area (Å²) in [4.78, 5) is 21.6. The number of nitrogens with one attached hydrogen (secondary N) is 1. The number of hydrogen-bond acceptors (Lipinski definition) is 4. The van der Waals surface area contributed by atoms with E-state index in [0.717, 1.165) is 0 Å². The van der Waals surface area contributed by atoms with E-state index in [1.807, 2.05) is 0 Å². The summed E-state index contributed by atoms with van der Waals surface area (Å²) in [6.45, 7) is 5.18. The topological polar surface area (TPSA) is 64.6 Å². The van der Waals surface area contributed by atoms with Crippen LogP contribution in [0.3, 0.4) is 0 Å². The molecule has 0 heterocycles. The zero-order valence-corrected chi connectivity index (χ0v) is 8.54. The first-order valence-electron chi connectivity index (χ1n) is 3.95. The van der Waals surface area contributed by atoms with Crippen molar-refractivity contribution in [3.05, 3.63) is 12.7 Å². The van der Waals surface area contributed by atoms with Gasteiger partial charge in [0.05, 0.1) is 5.92 Å². The lowest BCUT2D eigenvalue weighted by molar-refractivity contribution is -0.137. The number of carbonyl (C=O) groups excluding carboxylic acids is 2. The molecule has 1 atom stereocenters. The Morgan fingerprint density at radius 3 is 2.79 bits per heavy atom. The van der Waals surface area contributed by atoms with Crippen molar-refractivity contribution in [2.75, 3.05) is 13.2 Å². The molecule has 1 amide bonds. The highest BCUT2D eigenvalue weighted by Gasteiger charge is 2.15. The summed E-state index contributed by atoms with van der Waals surface area (Å²) in [6, 6.07) is 0. The van der Waals surface area contributed by atoms with Crippen LogP contribution in [0.5, 0.6) is 0 Å². The molecular weight excluding hydrogens is 210 g/mol. The lowest BCUT2D eigenvalue weighted by Crippen LogP contribution is -2.32. The monoisotopic (exact) mass is 221 g/mol. The van der Waals surface area contributed by atoms with Crippen LogP contribution >= 0.6 is 11.9 Å². The van der Waals surface area contributed by atoms with Gasteiger partial charge in [-0.2, -0.15) is 0 Å². The fourth-order valence-electron chi connectivity index (χ4n) is 0.581. The molecule has 80 valence electrons. The Labute approximate surface area is 87.2 Å². The van der Waals surface area contributed by atoms with E-state index in [4.69, 9.17) is 11.9 Å². The number of rotatable bonds is 5. The summed E-state index contributed by atoms with van der Waals surface area (Å²) in [5.74, 6) is -1.11. The van der Waals surface area contributed by atoms with Crippen LogP contribution in [0, 0.1) is 5.92 Å². The molecule has 0 spiro atoms. The zero-order chi connectivity index (χ0) is 11.0. The van der Waals surface area contributed by atoms with Crippen molar-refractivity contribution in [2.24, 2.45) is 5.92 Å². The molecule has 14 heavy (non-hydrogen) atoms. The molecule has 0 aromatic rings. The first kappa shape index (κ1) is 12.8. The average molecular weight is 222 g/mol. The summed E-state index contributed by atoms with van der Waals surface area (Å²) < 4.78 is 8.55. The van der Waals surface area contributed by atoms with Crippen LogP contribution in [0.4, 0.5) is 4.79 Å². The number of alkyl carbamates (subject to hydrolysis) is 1. The van der Waals surface area contributed by atoms with Gasteiger partial charge in [-0.1, -0.05) is 19.6 Å². The van der Waals surface area contributed by atoms with Gasteiger partial charge in [-0.05, 0) is 0 Å². The predicted octanol–water partition coefficient (Wildman–Crippen LogP) is 1.23. The van der Waals surface area contributed by atoms with Crippen LogP contribution in [0.25, 0.3) is 0 Å². The minimum Gasteiger partial charge on any atom is -0.445 e. The normalized spacial score (nSPS) is 11.3. The number of carbonyl (C=O) groups is 2. The van der Waals surface area contributed by atoms with Gasteiger partial charge in [-0.25, -0.2) is 4.79 Å². The summed E-state index contributed by atoms with van der Waals surface area (Å²) in [5.41, 5.74) is 0. The van der Waals surface area contributed by atoms with Gasteiger partial charge in [-0.15, -0.1) is 0 Å². The van der Waals surface area contributed by atoms with Crippen molar-refractivity contribution in [1.82, 2.24) is 5.32 Å². The second-order valence-electron chi connectivity index (χ2n) is 2.57. The Kier molecular flexibility index (Phi) is 6.57. The van der Waals surface area contributed by atoms with Gasteiger partial charge in [0, 0.05) is 6.54 Å². The summed E-state index contributed by atoms with van der Waals surface area (Å²) in [5, 5.41) is 2.36. The van der Waals surface area contributed by atoms with E-state index in [0.29, 0.717) is 0 Å². The second-order valence-corrected chi connectivity index (χ2v) is 2.72. The highest BCUT2D eigenvalue weighted by molar-refractivity contribution is 6.13. The van der Waals surface area contributed by atoms with Crippen LogP contribution in [-0.2, 0) is 13.8 Å². The molecular formula is C8H12ClNO4. The second kappa shape index (κ2) is 7.20. The summed E-state index contributed by atoms with van der Waals surface area (Å²) in [6.07, 6.45) is 0.829. The summed E-state index contributed by atoms with van der Waals surface area (Å²) >= 11 is 4.84. The van der Waals surface area contributed by atoms with Crippen molar-refractivity contribution in [1.29, 1.82) is 0 Å². The Hall–Kier alpha value is -1.23. The molecule has 0 saturated carbocycles. The molecule has 1 unspecified atom stereocenters. The minimum atomic E-state index is -0.612. The van der Waals surface area contributed by atoms with Gasteiger partial charge >= 0.3 is 12.1 Å². The third-order valence-electron chi connectivity index (χ3n) is 1.36. The van der Waals surface area contributed by atoms with Crippen molar-refractivity contribution < 1.29 is 18.6 Å². The summed E-state index contributed by atoms with van der Waals surface area (Å²) in [7, 11) is 0. The maximum absolute atomic E-state index is 10.9. The largest absolute Gasteiger partial charge is 0.445 e. The SMILES string of the molecule is C=CCOC(=O)NCC(C)C(=O)OCl. The molecule has 0 aliphatic carbocycles. The van der Waals surface area contributed by atoms with E-state index in [9.17, 15) is 9.59 Å². The highest BCUT2D eigenvalue weighted by Crippen LogP contribution is 1.98. The van der Waals surface area contributed by atoms with Crippen LogP contribution in [0.15, 0.2) is 12.7 Å². The Bertz CT molecular complexity index is 219. The van der Waals surface area contributed by atoms with E-state index < -0.39 is 18.0 Å². The van der Waals surface area contributed by atoms with Gasteiger partial charge < -0.3 is 14.3 Å². The Morgan fingerprint density at radius 1 is 1.64 bits per heavy atom. The van der Waals surface area contributed by atoms with Crippen molar-refractivity contribution >= 4 is 23.9 Å². The minimum absolute atomic E-state index is 0.113. The smallest absolute Gasteiger partial charge is 0.407 e. The zero-order valence-electron chi connectivity index (χ0n) is 7.79. The number of amides is 1. The molecule has 1 N–H and O–H groups in total. The van der Waals surface area contributed by atoms with E-state index >= 15 is 0 Å². The van der Waals surface area contributed by atoms with Crippen molar-refractivity contribution in [2.45, 2.75) is 6.92 Å². The number of ether oxygens (including phenoxy) is 1. The van der Waals surface area contributed by atoms with Crippen molar-refractivity contribution in [3.8, 4) is 0 Å². The van der Waals surface area contributed by atoms with Gasteiger partial charge in [0.25, 0.3) is 0 Å². The van der Waals surface area contributed by atoms with Gasteiger partial charge in [-0.3, -0.25) is 4.79 Å². The lowest BCUT2D eigenvalue weighted by Gasteiger charge is -2.08. The molecule has 0 bridgehead atoms. The first-order valence-corrected chi connectivity index (χ1v) is 4.26. The highest BCUT2D eigenvalue weighted by atomic mass is 35.5. The number of hydrogen-bond donors (Lipinski definition) is 1. The molecule has 0 fully saturated rings. The molecule has 0 aliphatic rings. The molecule has 0 aromatic heterocycles. The molecule has 0 aromatic carbocycles. The van der Waals surface area contributed by atoms with Gasteiger partial charge in [0.15, 0.2) is 0 Å². The Balaban J connectivity index is 3.65. The van der Waals surface area contributed by atoms with E-state index in [1.165, 1.54) is 6.08 Å². The van der Waals surface area contributed by atoms with Gasteiger partial charge in [0.2, 0.25) is 0 Å². The quantitative estimate of drug-likeness (QED) is 0.710.